The molecule has 3 nitrogen and oxygen atoms in total. The second-order valence-electron chi connectivity index (χ2n) is 6.55. The van der Waals surface area contributed by atoms with Crippen LogP contribution in [0.4, 0.5) is 0 Å². The first kappa shape index (κ1) is 14.3. The maximum atomic E-state index is 5.70. The van der Waals surface area contributed by atoms with Gasteiger partial charge in [-0.2, -0.15) is 0 Å². The molecule has 1 saturated heterocycles. The quantitative estimate of drug-likeness (QED) is 0.786. The van der Waals surface area contributed by atoms with Crippen LogP contribution in [0.15, 0.2) is 0 Å². The van der Waals surface area contributed by atoms with Crippen molar-refractivity contribution in [2.45, 2.75) is 58.2 Å². The van der Waals surface area contributed by atoms with E-state index < -0.39 is 0 Å². The molecule has 0 aromatic heterocycles. The predicted octanol–water partition coefficient (Wildman–Crippen LogP) is 2.12. The largest absolute Gasteiger partial charge is 0.377 e. The first-order chi connectivity index (χ1) is 8.59. The Bertz CT molecular complexity index is 257. The fourth-order valence-electron chi connectivity index (χ4n) is 3.38. The summed E-state index contributed by atoms with van der Waals surface area (Å²) < 4.78 is 5.70. The van der Waals surface area contributed by atoms with Gasteiger partial charge in [0.25, 0.3) is 0 Å². The zero-order chi connectivity index (χ0) is 13.1. The number of nitrogens with zero attached hydrogens (tertiary/aromatic N) is 1. The zero-order valence-corrected chi connectivity index (χ0v) is 12.5. The molecule has 0 radical (unpaired) electrons. The van der Waals surface area contributed by atoms with E-state index in [0.717, 1.165) is 31.0 Å². The molecule has 4 unspecified atom stereocenters. The van der Waals surface area contributed by atoms with Gasteiger partial charge in [-0.25, -0.2) is 0 Å². The number of ether oxygens (including phenoxy) is 1. The van der Waals surface area contributed by atoms with Gasteiger partial charge in [0.05, 0.1) is 6.10 Å². The first-order valence-electron chi connectivity index (χ1n) is 7.64. The van der Waals surface area contributed by atoms with E-state index in [9.17, 15) is 0 Å². The molecule has 1 saturated carbocycles. The van der Waals surface area contributed by atoms with Crippen molar-refractivity contribution < 1.29 is 4.74 Å². The molecule has 1 aliphatic heterocycles. The van der Waals surface area contributed by atoms with Crippen LogP contribution in [0.1, 0.15) is 40.0 Å². The second kappa shape index (κ2) is 6.36. The summed E-state index contributed by atoms with van der Waals surface area (Å²) >= 11 is 0. The third-order valence-electron chi connectivity index (χ3n) is 4.72. The molecule has 1 heterocycles. The Morgan fingerprint density at radius 1 is 1.22 bits per heavy atom. The minimum atomic E-state index is 0.417. The molecule has 18 heavy (non-hydrogen) atoms. The summed E-state index contributed by atoms with van der Waals surface area (Å²) in [6, 6.07) is 1.42. The van der Waals surface area contributed by atoms with Gasteiger partial charge in [0, 0.05) is 18.7 Å². The van der Waals surface area contributed by atoms with E-state index in [2.05, 4.69) is 38.0 Å². The summed E-state index contributed by atoms with van der Waals surface area (Å²) in [5.41, 5.74) is 0. The molecule has 4 atom stereocenters. The number of hydrogen-bond acceptors (Lipinski definition) is 3. The third kappa shape index (κ3) is 3.25. The van der Waals surface area contributed by atoms with Crippen LogP contribution in [0.3, 0.4) is 0 Å². The van der Waals surface area contributed by atoms with Crippen molar-refractivity contribution in [2.24, 2.45) is 11.8 Å². The van der Waals surface area contributed by atoms with E-state index in [1.165, 1.54) is 25.8 Å². The highest BCUT2D eigenvalue weighted by Crippen LogP contribution is 2.34. The lowest BCUT2D eigenvalue weighted by atomic mass is 9.77. The molecular formula is C15H30N2O. The van der Waals surface area contributed by atoms with Crippen molar-refractivity contribution in [3.63, 3.8) is 0 Å². The number of likely N-dealkylation sites (N-methyl/N-ethyl adjacent to an activating group) is 1. The van der Waals surface area contributed by atoms with E-state index in [1.807, 2.05) is 0 Å². The maximum Gasteiger partial charge on any atom is 0.0703 e. The van der Waals surface area contributed by atoms with E-state index in [1.54, 1.807) is 0 Å². The SMILES string of the molecule is CC(C)CNCC1CCC1N(C)C1CCOC1C. The van der Waals surface area contributed by atoms with Crippen molar-refractivity contribution in [2.75, 3.05) is 26.7 Å². The molecule has 1 N–H and O–H groups in total. The molecule has 3 heteroatoms. The zero-order valence-electron chi connectivity index (χ0n) is 12.5. The standard InChI is InChI=1S/C15H30N2O/c1-11(2)9-16-10-13-5-6-15(13)17(4)14-7-8-18-12(14)3/h11-16H,5-10H2,1-4H3. The van der Waals surface area contributed by atoms with Crippen molar-refractivity contribution in [1.82, 2.24) is 10.2 Å². The molecular weight excluding hydrogens is 224 g/mol. The molecule has 2 fully saturated rings. The van der Waals surface area contributed by atoms with Gasteiger partial charge in [-0.15, -0.1) is 0 Å². The topological polar surface area (TPSA) is 24.5 Å². The number of nitrogens with one attached hydrogen (secondary N) is 1. The van der Waals surface area contributed by atoms with Gasteiger partial charge >= 0.3 is 0 Å². The molecule has 1 aliphatic carbocycles. The Balaban J connectivity index is 1.75. The lowest BCUT2D eigenvalue weighted by Gasteiger charge is -2.46. The van der Waals surface area contributed by atoms with Gasteiger partial charge in [0.1, 0.15) is 0 Å². The van der Waals surface area contributed by atoms with Gasteiger partial charge in [0.2, 0.25) is 0 Å². The van der Waals surface area contributed by atoms with Gasteiger partial charge in [-0.3, -0.25) is 4.90 Å². The summed E-state index contributed by atoms with van der Waals surface area (Å²) in [6.07, 6.45) is 4.38. The minimum absolute atomic E-state index is 0.417. The first-order valence-corrected chi connectivity index (χ1v) is 7.64. The summed E-state index contributed by atoms with van der Waals surface area (Å²) in [4.78, 5) is 2.60. The van der Waals surface area contributed by atoms with Crippen molar-refractivity contribution >= 4 is 0 Å². The molecule has 0 bridgehead atoms. The Morgan fingerprint density at radius 2 is 2.00 bits per heavy atom. The maximum absolute atomic E-state index is 5.70. The summed E-state index contributed by atoms with van der Waals surface area (Å²) in [7, 11) is 2.30. The van der Waals surface area contributed by atoms with Crippen LogP contribution < -0.4 is 5.32 Å². The second-order valence-corrected chi connectivity index (χ2v) is 6.55. The summed E-state index contributed by atoms with van der Waals surface area (Å²) in [6.45, 7) is 10.0. The Morgan fingerprint density at radius 3 is 2.50 bits per heavy atom. The highest BCUT2D eigenvalue weighted by molar-refractivity contribution is 4.94. The number of rotatable bonds is 6. The lowest BCUT2D eigenvalue weighted by Crippen LogP contribution is -2.54. The van der Waals surface area contributed by atoms with E-state index >= 15 is 0 Å². The van der Waals surface area contributed by atoms with Crippen LogP contribution in [-0.2, 0) is 4.74 Å². The van der Waals surface area contributed by atoms with Crippen LogP contribution in [0, 0.1) is 11.8 Å². The third-order valence-corrected chi connectivity index (χ3v) is 4.72. The fraction of sp³-hybridized carbons (Fsp3) is 1.00. The molecule has 106 valence electrons. The molecule has 0 spiro atoms. The predicted molar refractivity (Wildman–Crippen MR) is 75.8 cm³/mol. The van der Waals surface area contributed by atoms with Crippen LogP contribution >= 0.6 is 0 Å². The lowest BCUT2D eigenvalue weighted by molar-refractivity contribution is 0.0164. The Labute approximate surface area is 112 Å². The number of hydrogen-bond donors (Lipinski definition) is 1. The van der Waals surface area contributed by atoms with E-state index in [4.69, 9.17) is 4.74 Å². The molecule has 2 aliphatic rings. The van der Waals surface area contributed by atoms with Gasteiger partial charge in [-0.1, -0.05) is 13.8 Å². The normalized spacial score (nSPS) is 36.3. The van der Waals surface area contributed by atoms with E-state index in [-0.39, 0.29) is 0 Å². The van der Waals surface area contributed by atoms with Crippen molar-refractivity contribution in [3.05, 3.63) is 0 Å². The molecule has 0 amide bonds. The molecule has 2 rings (SSSR count). The minimum Gasteiger partial charge on any atom is -0.377 e. The van der Waals surface area contributed by atoms with Gasteiger partial charge in [-0.05, 0) is 58.2 Å². The van der Waals surface area contributed by atoms with Gasteiger partial charge in [0.15, 0.2) is 0 Å². The summed E-state index contributed by atoms with van der Waals surface area (Å²) in [5.74, 6) is 1.60. The van der Waals surface area contributed by atoms with Crippen LogP contribution in [0.25, 0.3) is 0 Å². The average Bonchev–Trinajstić information content (AvgIpc) is 2.68. The monoisotopic (exact) mass is 254 g/mol. The fourth-order valence-corrected chi connectivity index (χ4v) is 3.38. The van der Waals surface area contributed by atoms with Crippen LogP contribution in [0.2, 0.25) is 0 Å². The van der Waals surface area contributed by atoms with Crippen LogP contribution in [-0.4, -0.2) is 49.8 Å². The smallest absolute Gasteiger partial charge is 0.0703 e. The Kier molecular flexibility index (Phi) is 5.05. The molecule has 0 aromatic carbocycles. The van der Waals surface area contributed by atoms with Gasteiger partial charge < -0.3 is 10.1 Å². The van der Waals surface area contributed by atoms with Crippen molar-refractivity contribution in [1.29, 1.82) is 0 Å². The van der Waals surface area contributed by atoms with Crippen LogP contribution in [0.5, 0.6) is 0 Å². The highest BCUT2D eigenvalue weighted by atomic mass is 16.5. The highest BCUT2D eigenvalue weighted by Gasteiger charge is 2.39. The average molecular weight is 254 g/mol. The summed E-state index contributed by atoms with van der Waals surface area (Å²) in [5, 5.41) is 3.62. The van der Waals surface area contributed by atoms with E-state index in [0.29, 0.717) is 12.1 Å². The molecule has 0 aromatic rings. The van der Waals surface area contributed by atoms with Crippen molar-refractivity contribution in [3.8, 4) is 0 Å². The Hall–Kier alpha value is -0.120.